The van der Waals surface area contributed by atoms with Crippen molar-refractivity contribution >= 4 is 29.5 Å². The zero-order chi connectivity index (χ0) is 13.8. The molecule has 1 saturated heterocycles. The van der Waals surface area contributed by atoms with Crippen molar-refractivity contribution < 1.29 is 4.79 Å². The first-order valence-corrected chi connectivity index (χ1v) is 7.68. The highest BCUT2D eigenvalue weighted by molar-refractivity contribution is 7.97. The van der Waals surface area contributed by atoms with E-state index < -0.39 is 0 Å². The van der Waals surface area contributed by atoms with Gasteiger partial charge in [0, 0.05) is 42.0 Å². The third-order valence-electron chi connectivity index (χ3n) is 3.07. The molecule has 1 aliphatic rings. The number of benzene rings is 1. The van der Waals surface area contributed by atoms with Crippen LogP contribution < -0.4 is 0 Å². The van der Waals surface area contributed by atoms with E-state index in [1.807, 2.05) is 36.9 Å². The second kappa shape index (κ2) is 6.64. The number of carbonyl (C=O) groups is 1. The number of amides is 1. The van der Waals surface area contributed by atoms with Crippen LogP contribution in [0.5, 0.6) is 0 Å². The number of hydrogen-bond donors (Lipinski definition) is 0. The smallest absolute Gasteiger partial charge is 0.225 e. The van der Waals surface area contributed by atoms with Gasteiger partial charge in [-0.2, -0.15) is 0 Å². The van der Waals surface area contributed by atoms with Gasteiger partial charge in [0.05, 0.1) is 0 Å². The van der Waals surface area contributed by atoms with Gasteiger partial charge in [0.1, 0.15) is 0 Å². The molecule has 0 spiro atoms. The highest BCUT2D eigenvalue weighted by atomic mass is 35.5. The third kappa shape index (κ3) is 4.13. The topological polar surface area (TPSA) is 23.6 Å². The molecular weight excluding hydrogens is 280 g/mol. The van der Waals surface area contributed by atoms with E-state index in [4.69, 9.17) is 11.6 Å². The number of halogens is 1. The molecule has 1 heterocycles. The molecule has 5 heteroatoms. The van der Waals surface area contributed by atoms with Gasteiger partial charge in [0.25, 0.3) is 0 Å². The van der Waals surface area contributed by atoms with Crippen LogP contribution in [0, 0.1) is 5.92 Å². The molecule has 0 N–H and O–H groups in total. The van der Waals surface area contributed by atoms with E-state index in [9.17, 15) is 4.79 Å². The summed E-state index contributed by atoms with van der Waals surface area (Å²) >= 11 is 7.69. The molecule has 1 aromatic carbocycles. The predicted octanol–water partition coefficient (Wildman–Crippen LogP) is 3.15. The lowest BCUT2D eigenvalue weighted by Crippen LogP contribution is -2.47. The van der Waals surface area contributed by atoms with Gasteiger partial charge in [-0.05, 0) is 30.1 Å². The minimum Gasteiger partial charge on any atom is -0.340 e. The molecule has 2 rings (SSSR count). The Balaban J connectivity index is 1.85. The SMILES string of the molecule is CC(C)C(=O)N1CCN(Sc2cccc(Cl)c2)CC1. The van der Waals surface area contributed by atoms with E-state index in [0.717, 1.165) is 36.1 Å². The fraction of sp³-hybridized carbons (Fsp3) is 0.500. The van der Waals surface area contributed by atoms with Crippen LogP contribution in [0.2, 0.25) is 5.02 Å². The Labute approximate surface area is 124 Å². The van der Waals surface area contributed by atoms with Gasteiger partial charge in [0.2, 0.25) is 5.91 Å². The second-order valence-electron chi connectivity index (χ2n) is 4.96. The maximum Gasteiger partial charge on any atom is 0.225 e. The standard InChI is InChI=1S/C14H19ClN2OS/c1-11(2)14(18)16-6-8-17(9-7-16)19-13-5-3-4-12(15)10-13/h3-5,10-11H,6-9H2,1-2H3. The van der Waals surface area contributed by atoms with Gasteiger partial charge in [-0.15, -0.1) is 0 Å². The first kappa shape index (κ1) is 14.7. The largest absolute Gasteiger partial charge is 0.340 e. The van der Waals surface area contributed by atoms with Crippen molar-refractivity contribution in [3.63, 3.8) is 0 Å². The van der Waals surface area contributed by atoms with Crippen LogP contribution in [0.4, 0.5) is 0 Å². The van der Waals surface area contributed by atoms with Crippen LogP contribution >= 0.6 is 23.5 Å². The Morgan fingerprint density at radius 1 is 1.26 bits per heavy atom. The van der Waals surface area contributed by atoms with Crippen LogP contribution in [-0.4, -0.2) is 41.3 Å². The lowest BCUT2D eigenvalue weighted by Gasteiger charge is -2.34. The average Bonchev–Trinajstić information content (AvgIpc) is 2.39. The van der Waals surface area contributed by atoms with E-state index in [0.29, 0.717) is 0 Å². The summed E-state index contributed by atoms with van der Waals surface area (Å²) in [4.78, 5) is 15.0. The van der Waals surface area contributed by atoms with Crippen molar-refractivity contribution in [3.05, 3.63) is 29.3 Å². The monoisotopic (exact) mass is 298 g/mol. The zero-order valence-electron chi connectivity index (χ0n) is 11.3. The zero-order valence-corrected chi connectivity index (χ0v) is 12.9. The molecule has 0 radical (unpaired) electrons. The van der Waals surface area contributed by atoms with Crippen molar-refractivity contribution in [1.29, 1.82) is 0 Å². The van der Waals surface area contributed by atoms with Gasteiger partial charge in [-0.3, -0.25) is 4.79 Å². The van der Waals surface area contributed by atoms with Crippen LogP contribution in [-0.2, 0) is 4.79 Å². The maximum atomic E-state index is 11.9. The van der Waals surface area contributed by atoms with Gasteiger partial charge in [-0.25, -0.2) is 4.31 Å². The molecule has 1 aromatic rings. The molecule has 0 saturated carbocycles. The molecule has 0 atom stereocenters. The summed E-state index contributed by atoms with van der Waals surface area (Å²) in [6, 6.07) is 7.87. The van der Waals surface area contributed by atoms with E-state index in [1.54, 1.807) is 11.9 Å². The van der Waals surface area contributed by atoms with E-state index in [1.165, 1.54) is 0 Å². The normalized spacial score (nSPS) is 16.9. The molecule has 0 bridgehead atoms. The van der Waals surface area contributed by atoms with E-state index in [-0.39, 0.29) is 11.8 Å². The van der Waals surface area contributed by atoms with Gasteiger partial charge in [0.15, 0.2) is 0 Å². The minimum atomic E-state index is 0.0899. The first-order chi connectivity index (χ1) is 9.06. The molecule has 19 heavy (non-hydrogen) atoms. The molecule has 1 amide bonds. The molecule has 0 unspecified atom stereocenters. The molecule has 0 aromatic heterocycles. The molecule has 0 aliphatic carbocycles. The Kier molecular flexibility index (Phi) is 5.13. The molecule has 104 valence electrons. The van der Waals surface area contributed by atoms with Crippen molar-refractivity contribution in [1.82, 2.24) is 9.21 Å². The van der Waals surface area contributed by atoms with Crippen LogP contribution in [0.15, 0.2) is 29.2 Å². The average molecular weight is 299 g/mol. The van der Waals surface area contributed by atoms with Crippen molar-refractivity contribution in [2.24, 2.45) is 5.92 Å². The first-order valence-electron chi connectivity index (χ1n) is 6.53. The second-order valence-corrected chi connectivity index (χ2v) is 6.56. The van der Waals surface area contributed by atoms with Crippen LogP contribution in [0.3, 0.4) is 0 Å². The van der Waals surface area contributed by atoms with Crippen molar-refractivity contribution in [3.8, 4) is 0 Å². The highest BCUT2D eigenvalue weighted by Gasteiger charge is 2.23. The summed E-state index contributed by atoms with van der Waals surface area (Å²) in [7, 11) is 0. The number of piperazine rings is 1. The van der Waals surface area contributed by atoms with Crippen LogP contribution in [0.1, 0.15) is 13.8 Å². The van der Waals surface area contributed by atoms with Crippen LogP contribution in [0.25, 0.3) is 0 Å². The van der Waals surface area contributed by atoms with Gasteiger partial charge in [-0.1, -0.05) is 31.5 Å². The molecular formula is C14H19ClN2OS. The Morgan fingerprint density at radius 3 is 2.53 bits per heavy atom. The lowest BCUT2D eigenvalue weighted by molar-refractivity contribution is -0.135. The summed E-state index contributed by atoms with van der Waals surface area (Å²) < 4.78 is 2.29. The van der Waals surface area contributed by atoms with Crippen molar-refractivity contribution in [2.45, 2.75) is 18.7 Å². The predicted molar refractivity (Wildman–Crippen MR) is 80.3 cm³/mol. The maximum absolute atomic E-state index is 11.9. The molecule has 1 aliphatic heterocycles. The minimum absolute atomic E-state index is 0.0899. The van der Waals surface area contributed by atoms with Gasteiger partial charge < -0.3 is 4.90 Å². The Hall–Kier alpha value is -0.710. The fourth-order valence-corrected chi connectivity index (χ4v) is 3.26. The lowest BCUT2D eigenvalue weighted by atomic mass is 10.2. The summed E-state index contributed by atoms with van der Waals surface area (Å²) in [5.41, 5.74) is 0. The van der Waals surface area contributed by atoms with Crippen molar-refractivity contribution in [2.75, 3.05) is 26.2 Å². The highest BCUT2D eigenvalue weighted by Crippen LogP contribution is 2.26. The summed E-state index contributed by atoms with van der Waals surface area (Å²) in [5, 5.41) is 0.763. The Morgan fingerprint density at radius 2 is 1.95 bits per heavy atom. The summed E-state index contributed by atoms with van der Waals surface area (Å²) in [6.07, 6.45) is 0. The number of hydrogen-bond acceptors (Lipinski definition) is 3. The van der Waals surface area contributed by atoms with Gasteiger partial charge >= 0.3 is 0 Å². The third-order valence-corrected chi connectivity index (χ3v) is 4.40. The Bertz CT molecular complexity index is 445. The number of carbonyl (C=O) groups excluding carboxylic acids is 1. The molecule has 1 fully saturated rings. The quantitative estimate of drug-likeness (QED) is 0.801. The summed E-state index contributed by atoms with van der Waals surface area (Å²) in [5.74, 6) is 0.347. The molecule has 3 nitrogen and oxygen atoms in total. The van der Waals surface area contributed by atoms with E-state index >= 15 is 0 Å². The number of nitrogens with zero attached hydrogens (tertiary/aromatic N) is 2. The van der Waals surface area contributed by atoms with E-state index in [2.05, 4.69) is 10.4 Å². The fourth-order valence-electron chi connectivity index (χ4n) is 2.04. The number of rotatable bonds is 3. The summed E-state index contributed by atoms with van der Waals surface area (Å²) in [6.45, 7) is 7.32.